The minimum atomic E-state index is -4.88. The number of aromatic nitrogens is 3. The number of nitrogens with one attached hydrogen (secondary N) is 1. The van der Waals surface area contributed by atoms with Gasteiger partial charge in [-0.25, -0.2) is 18.7 Å². The maximum absolute atomic E-state index is 14.6. The maximum Gasteiger partial charge on any atom is 0.419 e. The van der Waals surface area contributed by atoms with Crippen molar-refractivity contribution in [3.63, 3.8) is 0 Å². The molecule has 4 rings (SSSR count). The van der Waals surface area contributed by atoms with E-state index >= 15 is 0 Å². The van der Waals surface area contributed by atoms with Crippen LogP contribution in [0.3, 0.4) is 0 Å². The largest absolute Gasteiger partial charge is 0.419 e. The first kappa shape index (κ1) is 22.6. The van der Waals surface area contributed by atoms with Gasteiger partial charge in [0.2, 0.25) is 5.91 Å². The predicted molar refractivity (Wildman–Crippen MR) is 108 cm³/mol. The normalized spacial score (nSPS) is 14.4. The molecule has 1 N–H and O–H groups in total. The summed E-state index contributed by atoms with van der Waals surface area (Å²) < 4.78 is 73.9. The van der Waals surface area contributed by atoms with Crippen LogP contribution in [-0.2, 0) is 22.1 Å². The highest BCUT2D eigenvalue weighted by Crippen LogP contribution is 2.32. The lowest BCUT2D eigenvalue weighted by molar-refractivity contribution is -0.140. The number of pyridine rings is 1. The van der Waals surface area contributed by atoms with E-state index in [1.165, 1.54) is 17.1 Å². The number of hydrogen-bond donors (Lipinski definition) is 1. The summed E-state index contributed by atoms with van der Waals surface area (Å²) in [5.74, 6) is -2.51. The minimum absolute atomic E-state index is 0.0258. The fraction of sp³-hybridized carbons (Fsp3) is 0.286. The van der Waals surface area contributed by atoms with Gasteiger partial charge in [-0.1, -0.05) is 12.1 Å². The van der Waals surface area contributed by atoms with Crippen LogP contribution in [0.15, 0.2) is 43.0 Å². The molecule has 0 unspecified atom stereocenters. The summed E-state index contributed by atoms with van der Waals surface area (Å²) in [7, 11) is 0. The van der Waals surface area contributed by atoms with E-state index in [2.05, 4.69) is 15.3 Å². The van der Waals surface area contributed by atoms with Crippen molar-refractivity contribution in [2.24, 2.45) is 0 Å². The monoisotopic (exact) mass is 467 g/mol. The molecule has 1 amide bonds. The molecule has 33 heavy (non-hydrogen) atoms. The number of anilines is 2. The van der Waals surface area contributed by atoms with Crippen molar-refractivity contribution < 1.29 is 31.5 Å². The van der Waals surface area contributed by atoms with Crippen LogP contribution in [0.25, 0.3) is 5.82 Å². The van der Waals surface area contributed by atoms with Gasteiger partial charge in [-0.3, -0.25) is 9.36 Å². The van der Waals surface area contributed by atoms with Gasteiger partial charge in [0.1, 0.15) is 18.0 Å². The molecule has 0 aliphatic carbocycles. The standard InChI is InChI=1S/C21H18F5N5O2/c22-16-9-14(29-18(32)8-13-2-1-3-15(19(13)23)21(24,25)26)10-27-20(16)31-11-17(28-12-31)30-4-6-33-7-5-30/h1-3,9-12H,4-8H2,(H,29,32). The van der Waals surface area contributed by atoms with Gasteiger partial charge in [-0.05, 0) is 11.6 Å². The summed E-state index contributed by atoms with van der Waals surface area (Å²) in [5, 5.41) is 2.32. The Morgan fingerprint density at radius 3 is 2.61 bits per heavy atom. The van der Waals surface area contributed by atoms with E-state index in [4.69, 9.17) is 4.74 Å². The van der Waals surface area contributed by atoms with E-state index in [1.807, 2.05) is 4.90 Å². The van der Waals surface area contributed by atoms with Crippen molar-refractivity contribution in [2.75, 3.05) is 36.5 Å². The molecular weight excluding hydrogens is 449 g/mol. The number of carbonyl (C=O) groups is 1. The summed E-state index contributed by atoms with van der Waals surface area (Å²) in [5.41, 5.74) is -1.91. The number of amides is 1. The van der Waals surface area contributed by atoms with Crippen molar-refractivity contribution in [1.82, 2.24) is 14.5 Å². The summed E-state index contributed by atoms with van der Waals surface area (Å²) in [6.07, 6.45) is -1.33. The molecule has 3 heterocycles. The molecule has 1 fully saturated rings. The lowest BCUT2D eigenvalue weighted by Crippen LogP contribution is -2.36. The Bertz CT molecular complexity index is 1160. The molecule has 1 aliphatic heterocycles. The third-order valence-electron chi connectivity index (χ3n) is 4.99. The zero-order valence-electron chi connectivity index (χ0n) is 17.1. The molecule has 3 aromatic rings. The first-order valence-corrected chi connectivity index (χ1v) is 9.89. The number of alkyl halides is 3. The van der Waals surface area contributed by atoms with Gasteiger partial charge in [-0.15, -0.1) is 0 Å². The molecule has 7 nitrogen and oxygen atoms in total. The van der Waals surface area contributed by atoms with Gasteiger partial charge in [0.25, 0.3) is 0 Å². The first-order valence-electron chi connectivity index (χ1n) is 9.89. The van der Waals surface area contributed by atoms with Gasteiger partial charge in [-0.2, -0.15) is 13.2 Å². The molecule has 1 aliphatic rings. The zero-order chi connectivity index (χ0) is 23.6. The highest BCUT2D eigenvalue weighted by atomic mass is 19.4. The van der Waals surface area contributed by atoms with Crippen LogP contribution < -0.4 is 10.2 Å². The van der Waals surface area contributed by atoms with Crippen LogP contribution >= 0.6 is 0 Å². The van der Waals surface area contributed by atoms with Crippen molar-refractivity contribution in [2.45, 2.75) is 12.6 Å². The fourth-order valence-corrected chi connectivity index (χ4v) is 3.39. The zero-order valence-corrected chi connectivity index (χ0v) is 17.1. The van der Waals surface area contributed by atoms with E-state index in [0.29, 0.717) is 38.2 Å². The van der Waals surface area contributed by atoms with Crippen LogP contribution in [0.4, 0.5) is 33.5 Å². The number of halogens is 5. The summed E-state index contributed by atoms with van der Waals surface area (Å²) in [4.78, 5) is 22.4. The van der Waals surface area contributed by atoms with Crippen LogP contribution in [0.1, 0.15) is 11.1 Å². The Balaban J connectivity index is 1.45. The molecule has 174 valence electrons. The molecule has 0 bridgehead atoms. The SMILES string of the molecule is O=C(Cc1cccc(C(F)(F)F)c1F)Nc1cnc(-n2cnc(N3CCOCC3)c2)c(F)c1. The number of imidazole rings is 1. The number of benzene rings is 1. The number of rotatable bonds is 5. The number of hydrogen-bond acceptors (Lipinski definition) is 5. The van der Waals surface area contributed by atoms with E-state index in [1.54, 1.807) is 6.20 Å². The van der Waals surface area contributed by atoms with Gasteiger partial charge < -0.3 is 15.0 Å². The Kier molecular flexibility index (Phi) is 6.27. The van der Waals surface area contributed by atoms with Crippen molar-refractivity contribution in [1.29, 1.82) is 0 Å². The van der Waals surface area contributed by atoms with E-state index < -0.39 is 41.3 Å². The quantitative estimate of drug-likeness (QED) is 0.581. The summed E-state index contributed by atoms with van der Waals surface area (Å²) in [6, 6.07) is 3.70. The number of ether oxygens (including phenoxy) is 1. The van der Waals surface area contributed by atoms with E-state index in [9.17, 15) is 26.7 Å². The third kappa shape index (κ3) is 5.11. The van der Waals surface area contributed by atoms with E-state index in [-0.39, 0.29) is 11.5 Å². The average molecular weight is 467 g/mol. The van der Waals surface area contributed by atoms with Gasteiger partial charge in [0, 0.05) is 19.2 Å². The molecule has 0 saturated carbocycles. The first-order chi connectivity index (χ1) is 15.7. The van der Waals surface area contributed by atoms with Crippen molar-refractivity contribution in [3.05, 3.63) is 65.7 Å². The summed E-state index contributed by atoms with van der Waals surface area (Å²) >= 11 is 0. The second-order valence-electron chi connectivity index (χ2n) is 7.27. The van der Waals surface area contributed by atoms with Crippen LogP contribution in [0, 0.1) is 11.6 Å². The number of morpholine rings is 1. The molecule has 0 spiro atoms. The topological polar surface area (TPSA) is 72.3 Å². The maximum atomic E-state index is 14.6. The highest BCUT2D eigenvalue weighted by Gasteiger charge is 2.35. The Morgan fingerprint density at radius 1 is 1.15 bits per heavy atom. The van der Waals surface area contributed by atoms with Crippen LogP contribution in [0.5, 0.6) is 0 Å². The van der Waals surface area contributed by atoms with Crippen molar-refractivity contribution in [3.8, 4) is 5.82 Å². The molecule has 1 saturated heterocycles. The molecule has 0 atom stereocenters. The second-order valence-corrected chi connectivity index (χ2v) is 7.27. The number of nitrogens with zero attached hydrogens (tertiary/aromatic N) is 4. The molecular formula is C21H18F5N5O2. The molecule has 2 aromatic heterocycles. The van der Waals surface area contributed by atoms with Crippen LogP contribution in [-0.4, -0.2) is 46.7 Å². The lowest BCUT2D eigenvalue weighted by atomic mass is 10.1. The van der Waals surface area contributed by atoms with Crippen molar-refractivity contribution >= 4 is 17.4 Å². The second kappa shape index (κ2) is 9.14. The highest BCUT2D eigenvalue weighted by molar-refractivity contribution is 5.92. The Morgan fingerprint density at radius 2 is 1.91 bits per heavy atom. The van der Waals surface area contributed by atoms with Gasteiger partial charge in [0.05, 0.1) is 43.3 Å². The summed E-state index contributed by atoms with van der Waals surface area (Å²) in [6.45, 7) is 2.45. The minimum Gasteiger partial charge on any atom is -0.378 e. The van der Waals surface area contributed by atoms with Crippen LogP contribution in [0.2, 0.25) is 0 Å². The molecule has 1 aromatic carbocycles. The molecule has 0 radical (unpaired) electrons. The smallest absolute Gasteiger partial charge is 0.378 e. The Hall–Kier alpha value is -3.54. The molecule has 12 heteroatoms. The van der Waals surface area contributed by atoms with E-state index in [0.717, 1.165) is 18.2 Å². The Labute approximate surface area is 184 Å². The third-order valence-corrected chi connectivity index (χ3v) is 4.99. The van der Waals surface area contributed by atoms with Gasteiger partial charge in [0.15, 0.2) is 11.6 Å². The van der Waals surface area contributed by atoms with Gasteiger partial charge >= 0.3 is 6.18 Å². The average Bonchev–Trinajstić information content (AvgIpc) is 3.25. The lowest BCUT2D eigenvalue weighted by Gasteiger charge is -2.26. The predicted octanol–water partition coefficient (Wildman–Crippen LogP) is 3.58. The fourth-order valence-electron chi connectivity index (χ4n) is 3.39. The number of carbonyl (C=O) groups excluding carboxylic acids is 1.